The molecule has 2 aromatic heterocycles. The molecule has 0 radical (unpaired) electrons. The second kappa shape index (κ2) is 4.83. The zero-order valence-electron chi connectivity index (χ0n) is 12.0. The van der Waals surface area contributed by atoms with Gasteiger partial charge in [-0.15, -0.1) is 0 Å². The Morgan fingerprint density at radius 3 is 2.95 bits per heavy atom. The second-order valence-electron chi connectivity index (χ2n) is 5.43. The molecule has 4 nitrogen and oxygen atoms in total. The molecule has 1 aliphatic rings. The van der Waals surface area contributed by atoms with Crippen LogP contribution < -0.4 is 0 Å². The third-order valence-electron chi connectivity index (χ3n) is 4.08. The minimum atomic E-state index is 0.581. The number of nitrogens with one attached hydrogen (secondary N) is 1. The third-order valence-corrected chi connectivity index (χ3v) is 4.08. The van der Waals surface area contributed by atoms with E-state index in [-0.39, 0.29) is 0 Å². The number of rotatable bonds is 3. The number of imidazole rings is 1. The van der Waals surface area contributed by atoms with Crippen LogP contribution in [0, 0.1) is 0 Å². The van der Waals surface area contributed by atoms with E-state index >= 15 is 0 Å². The zero-order chi connectivity index (χ0) is 13.4. The van der Waals surface area contributed by atoms with Gasteiger partial charge in [-0.2, -0.15) is 5.10 Å². The van der Waals surface area contributed by atoms with Crippen molar-refractivity contribution in [3.05, 3.63) is 23.1 Å². The van der Waals surface area contributed by atoms with E-state index in [1.807, 2.05) is 4.68 Å². The van der Waals surface area contributed by atoms with Crippen molar-refractivity contribution >= 4 is 0 Å². The molecule has 0 saturated heterocycles. The molecule has 2 aromatic rings. The van der Waals surface area contributed by atoms with E-state index in [4.69, 9.17) is 4.98 Å². The molecular weight excluding hydrogens is 236 g/mol. The molecule has 3 rings (SSSR count). The fraction of sp³-hybridized carbons (Fsp3) is 0.600. The van der Waals surface area contributed by atoms with Crippen LogP contribution in [0.15, 0.2) is 6.07 Å². The van der Waals surface area contributed by atoms with Gasteiger partial charge >= 0.3 is 0 Å². The van der Waals surface area contributed by atoms with Gasteiger partial charge in [0.25, 0.3) is 0 Å². The maximum absolute atomic E-state index is 4.84. The highest BCUT2D eigenvalue weighted by atomic mass is 15.3. The van der Waals surface area contributed by atoms with Crippen LogP contribution in [0.5, 0.6) is 0 Å². The van der Waals surface area contributed by atoms with Crippen molar-refractivity contribution < 1.29 is 0 Å². The maximum Gasteiger partial charge on any atom is 0.156 e. The first-order valence-corrected chi connectivity index (χ1v) is 7.38. The van der Waals surface area contributed by atoms with E-state index in [1.165, 1.54) is 24.2 Å². The zero-order valence-corrected chi connectivity index (χ0v) is 12.0. The number of fused-ring (bicyclic) bond motifs is 1. The van der Waals surface area contributed by atoms with Crippen molar-refractivity contribution in [2.24, 2.45) is 0 Å². The van der Waals surface area contributed by atoms with Crippen molar-refractivity contribution in [2.45, 2.75) is 58.9 Å². The lowest BCUT2D eigenvalue weighted by atomic mass is 9.92. The average molecular weight is 258 g/mol. The fourth-order valence-corrected chi connectivity index (χ4v) is 2.94. The normalized spacial score (nSPS) is 18.6. The van der Waals surface area contributed by atoms with Gasteiger partial charge in [-0.25, -0.2) is 4.98 Å². The van der Waals surface area contributed by atoms with Crippen LogP contribution in [0.4, 0.5) is 0 Å². The van der Waals surface area contributed by atoms with E-state index in [2.05, 4.69) is 36.9 Å². The lowest BCUT2D eigenvalue weighted by Gasteiger charge is -2.15. The highest BCUT2D eigenvalue weighted by molar-refractivity contribution is 5.52. The van der Waals surface area contributed by atoms with Crippen LogP contribution in [0.1, 0.15) is 56.6 Å². The molecule has 0 fully saturated rings. The van der Waals surface area contributed by atoms with Crippen LogP contribution in [0.3, 0.4) is 0 Å². The van der Waals surface area contributed by atoms with Gasteiger partial charge in [0.2, 0.25) is 0 Å². The Morgan fingerprint density at radius 1 is 1.42 bits per heavy atom. The molecule has 0 aliphatic heterocycles. The van der Waals surface area contributed by atoms with Crippen molar-refractivity contribution in [3.8, 4) is 11.5 Å². The molecule has 19 heavy (non-hydrogen) atoms. The Balaban J connectivity index is 2.04. The number of nitrogens with zero attached hydrogens (tertiary/aromatic N) is 3. The number of aromatic nitrogens is 4. The summed E-state index contributed by atoms with van der Waals surface area (Å²) < 4.78 is 2.05. The predicted molar refractivity (Wildman–Crippen MR) is 76.2 cm³/mol. The third kappa shape index (κ3) is 2.09. The van der Waals surface area contributed by atoms with E-state index in [9.17, 15) is 0 Å². The Bertz CT molecular complexity index is 579. The average Bonchev–Trinajstić information content (AvgIpc) is 3.02. The summed E-state index contributed by atoms with van der Waals surface area (Å²) in [5.41, 5.74) is 4.86. The molecule has 1 aliphatic carbocycles. The summed E-state index contributed by atoms with van der Waals surface area (Å²) in [6.07, 6.45) is 4.62. The van der Waals surface area contributed by atoms with Crippen LogP contribution in [0.2, 0.25) is 0 Å². The fourth-order valence-electron chi connectivity index (χ4n) is 2.94. The Morgan fingerprint density at radius 2 is 2.26 bits per heavy atom. The summed E-state index contributed by atoms with van der Waals surface area (Å²) in [5, 5.41) is 4.61. The summed E-state index contributed by atoms with van der Waals surface area (Å²) in [5.74, 6) is 1.57. The van der Waals surface area contributed by atoms with Gasteiger partial charge in [0.15, 0.2) is 5.82 Å². The van der Waals surface area contributed by atoms with Crippen LogP contribution in [-0.4, -0.2) is 19.7 Å². The molecule has 0 saturated carbocycles. The van der Waals surface area contributed by atoms with Gasteiger partial charge in [0, 0.05) is 18.2 Å². The van der Waals surface area contributed by atoms with Crippen LogP contribution in [0.25, 0.3) is 11.5 Å². The molecule has 0 aromatic carbocycles. The standard InChI is InChI=1S/C15H22N4/c1-4-11-9-13(19(5-2)18-11)15-16-12-8-6-7-10(3)14(12)17-15/h9-10H,4-8H2,1-3H3,(H,16,17). The monoisotopic (exact) mass is 258 g/mol. The Kier molecular flexibility index (Phi) is 3.17. The minimum Gasteiger partial charge on any atom is -0.340 e. The molecule has 4 heteroatoms. The SMILES string of the molecule is CCc1cc(-c2nc3c([nH]2)CCCC3C)n(CC)n1. The molecule has 2 heterocycles. The summed E-state index contributed by atoms with van der Waals surface area (Å²) in [6.45, 7) is 7.43. The van der Waals surface area contributed by atoms with E-state index in [1.54, 1.807) is 0 Å². The lowest BCUT2D eigenvalue weighted by molar-refractivity contribution is 0.574. The highest BCUT2D eigenvalue weighted by Gasteiger charge is 2.22. The first kappa shape index (κ1) is 12.5. The predicted octanol–water partition coefficient (Wildman–Crippen LogP) is 3.30. The first-order valence-electron chi connectivity index (χ1n) is 7.38. The maximum atomic E-state index is 4.84. The largest absolute Gasteiger partial charge is 0.340 e. The summed E-state index contributed by atoms with van der Waals surface area (Å²) in [6, 6.07) is 2.17. The smallest absolute Gasteiger partial charge is 0.156 e. The number of hydrogen-bond acceptors (Lipinski definition) is 2. The molecule has 0 amide bonds. The topological polar surface area (TPSA) is 46.5 Å². The van der Waals surface area contributed by atoms with E-state index < -0.39 is 0 Å². The van der Waals surface area contributed by atoms with Gasteiger partial charge in [-0.05, 0) is 38.7 Å². The molecule has 1 unspecified atom stereocenters. The summed E-state index contributed by atoms with van der Waals surface area (Å²) in [4.78, 5) is 8.36. The molecule has 1 atom stereocenters. The highest BCUT2D eigenvalue weighted by Crippen LogP contribution is 2.31. The Labute approximate surface area is 114 Å². The van der Waals surface area contributed by atoms with Gasteiger partial charge in [-0.3, -0.25) is 4.68 Å². The molecule has 102 valence electrons. The number of aromatic amines is 1. The Hall–Kier alpha value is -1.58. The number of aryl methyl sites for hydroxylation is 3. The summed E-state index contributed by atoms with van der Waals surface area (Å²) >= 11 is 0. The molecular formula is C15H22N4. The number of H-pyrrole nitrogens is 1. The minimum absolute atomic E-state index is 0.581. The quantitative estimate of drug-likeness (QED) is 0.918. The molecule has 0 bridgehead atoms. The van der Waals surface area contributed by atoms with Crippen molar-refractivity contribution in [2.75, 3.05) is 0 Å². The van der Waals surface area contributed by atoms with Gasteiger partial charge in [0.1, 0.15) is 5.69 Å². The van der Waals surface area contributed by atoms with Gasteiger partial charge in [0.05, 0.1) is 11.4 Å². The van der Waals surface area contributed by atoms with Crippen LogP contribution in [-0.2, 0) is 19.4 Å². The molecule has 0 spiro atoms. The van der Waals surface area contributed by atoms with E-state index in [0.717, 1.165) is 36.6 Å². The van der Waals surface area contributed by atoms with Crippen LogP contribution >= 0.6 is 0 Å². The second-order valence-corrected chi connectivity index (χ2v) is 5.43. The summed E-state index contributed by atoms with van der Waals surface area (Å²) in [7, 11) is 0. The van der Waals surface area contributed by atoms with Crippen molar-refractivity contribution in [3.63, 3.8) is 0 Å². The van der Waals surface area contributed by atoms with Gasteiger partial charge in [-0.1, -0.05) is 13.8 Å². The van der Waals surface area contributed by atoms with E-state index in [0.29, 0.717) is 5.92 Å². The van der Waals surface area contributed by atoms with Gasteiger partial charge < -0.3 is 4.98 Å². The van der Waals surface area contributed by atoms with Crippen molar-refractivity contribution in [1.82, 2.24) is 19.7 Å². The van der Waals surface area contributed by atoms with Crippen molar-refractivity contribution in [1.29, 1.82) is 0 Å². The molecule has 1 N–H and O–H groups in total. The first-order chi connectivity index (χ1) is 9.22. The number of hydrogen-bond donors (Lipinski definition) is 1. The lowest BCUT2D eigenvalue weighted by Crippen LogP contribution is -2.05.